The Hall–Kier alpha value is -1.85. The highest BCUT2D eigenvalue weighted by atomic mass is 32.2. The molecule has 24 heavy (non-hydrogen) atoms. The van der Waals surface area contributed by atoms with E-state index in [1.54, 1.807) is 11.3 Å². The first-order chi connectivity index (χ1) is 11.8. The van der Waals surface area contributed by atoms with Crippen molar-refractivity contribution >= 4 is 39.9 Å². The van der Waals surface area contributed by atoms with Gasteiger partial charge in [0.1, 0.15) is 0 Å². The summed E-state index contributed by atoms with van der Waals surface area (Å²) in [7, 11) is 0. The van der Waals surface area contributed by atoms with Crippen LogP contribution in [-0.2, 0) is 4.79 Å². The maximum Gasteiger partial charge on any atom is 0.233 e. The maximum absolute atomic E-state index is 12.7. The van der Waals surface area contributed by atoms with Crippen molar-refractivity contribution in [1.29, 1.82) is 0 Å². The molecule has 0 aliphatic carbocycles. The molecule has 0 bridgehead atoms. The highest BCUT2D eigenvalue weighted by molar-refractivity contribution is 7.99. The van der Waals surface area contributed by atoms with E-state index in [1.165, 1.54) is 16.6 Å². The minimum Gasteiger partial charge on any atom is -0.334 e. The predicted molar refractivity (Wildman–Crippen MR) is 100 cm³/mol. The van der Waals surface area contributed by atoms with E-state index in [0.717, 1.165) is 35.3 Å². The van der Waals surface area contributed by atoms with Gasteiger partial charge in [0.2, 0.25) is 5.91 Å². The minimum atomic E-state index is 0.214. The van der Waals surface area contributed by atoms with E-state index >= 15 is 0 Å². The van der Waals surface area contributed by atoms with Crippen molar-refractivity contribution in [3.05, 3.63) is 58.8 Å². The molecule has 0 radical (unpaired) electrons. The number of hydrogen-bond acceptors (Lipinski definition) is 4. The number of benzene rings is 1. The number of nitrogens with zero attached hydrogens (tertiary/aromatic N) is 2. The van der Waals surface area contributed by atoms with Crippen molar-refractivity contribution in [3.8, 4) is 0 Å². The number of likely N-dealkylation sites (tertiary alicyclic amines) is 1. The third-order valence-electron chi connectivity index (χ3n) is 4.36. The molecule has 1 aromatic carbocycles. The molecular weight excluding hydrogens is 336 g/mol. The first-order valence-electron chi connectivity index (χ1n) is 8.13. The average molecular weight is 355 g/mol. The van der Waals surface area contributed by atoms with Gasteiger partial charge in [-0.2, -0.15) is 0 Å². The van der Waals surface area contributed by atoms with Gasteiger partial charge in [-0.15, -0.1) is 11.3 Å². The number of pyridine rings is 1. The van der Waals surface area contributed by atoms with Gasteiger partial charge in [0.15, 0.2) is 0 Å². The van der Waals surface area contributed by atoms with Crippen molar-refractivity contribution < 1.29 is 4.79 Å². The summed E-state index contributed by atoms with van der Waals surface area (Å²) in [6, 6.07) is 16.6. The Balaban J connectivity index is 1.43. The number of thiophene rings is 1. The van der Waals surface area contributed by atoms with Crippen LogP contribution in [0.25, 0.3) is 10.9 Å². The van der Waals surface area contributed by atoms with Crippen LogP contribution < -0.4 is 0 Å². The van der Waals surface area contributed by atoms with Gasteiger partial charge in [-0.3, -0.25) is 4.79 Å². The molecule has 2 aromatic heterocycles. The fourth-order valence-electron chi connectivity index (χ4n) is 3.19. The molecule has 0 saturated carbocycles. The van der Waals surface area contributed by atoms with Crippen LogP contribution in [0.2, 0.25) is 0 Å². The lowest BCUT2D eigenvalue weighted by Crippen LogP contribution is -2.31. The van der Waals surface area contributed by atoms with Crippen LogP contribution in [0.5, 0.6) is 0 Å². The van der Waals surface area contributed by atoms with Crippen LogP contribution in [0, 0.1) is 0 Å². The summed E-state index contributed by atoms with van der Waals surface area (Å²) in [5.41, 5.74) is 0.979. The van der Waals surface area contributed by atoms with Gasteiger partial charge in [-0.1, -0.05) is 42.1 Å². The minimum absolute atomic E-state index is 0.214. The Morgan fingerprint density at radius 2 is 2.12 bits per heavy atom. The summed E-state index contributed by atoms with van der Waals surface area (Å²) < 4.78 is 0. The van der Waals surface area contributed by atoms with Crippen molar-refractivity contribution in [3.63, 3.8) is 0 Å². The van der Waals surface area contributed by atoms with E-state index in [4.69, 9.17) is 0 Å². The second-order valence-corrected chi connectivity index (χ2v) is 7.87. The summed E-state index contributed by atoms with van der Waals surface area (Å²) in [4.78, 5) is 20.6. The fraction of sp³-hybridized carbons (Fsp3) is 0.263. The van der Waals surface area contributed by atoms with Crippen LogP contribution in [0.4, 0.5) is 0 Å². The largest absolute Gasteiger partial charge is 0.334 e. The molecule has 1 amide bonds. The molecule has 3 heterocycles. The van der Waals surface area contributed by atoms with Crippen LogP contribution >= 0.6 is 23.1 Å². The molecule has 0 spiro atoms. The number of hydrogen-bond donors (Lipinski definition) is 0. The Kier molecular flexibility index (Phi) is 4.54. The van der Waals surface area contributed by atoms with Crippen LogP contribution in [0.1, 0.15) is 23.8 Å². The van der Waals surface area contributed by atoms with E-state index in [9.17, 15) is 4.79 Å². The Morgan fingerprint density at radius 3 is 3.00 bits per heavy atom. The standard InChI is InChI=1S/C19H18N2OS2/c22-19(21-11-3-7-16(21)17-8-4-12-23-17)13-24-18-10-9-14-5-1-2-6-15(14)20-18/h1-2,4-6,8-10,12,16H,3,7,11,13H2/t16-/m0/s1. The third-order valence-corrected chi connectivity index (χ3v) is 6.25. The zero-order chi connectivity index (χ0) is 16.4. The lowest BCUT2D eigenvalue weighted by Gasteiger charge is -2.23. The maximum atomic E-state index is 12.7. The number of carbonyl (C=O) groups excluding carboxylic acids is 1. The molecule has 3 nitrogen and oxygen atoms in total. The van der Waals surface area contributed by atoms with Gasteiger partial charge in [0, 0.05) is 16.8 Å². The van der Waals surface area contributed by atoms with Crippen molar-refractivity contribution in [2.75, 3.05) is 12.3 Å². The molecule has 1 fully saturated rings. The SMILES string of the molecule is O=C(CSc1ccc2ccccc2n1)N1CCC[C@H]1c1cccs1. The summed E-state index contributed by atoms with van der Waals surface area (Å²) in [6.45, 7) is 0.868. The van der Waals surface area contributed by atoms with E-state index in [1.807, 2.05) is 29.2 Å². The van der Waals surface area contributed by atoms with Gasteiger partial charge in [0.25, 0.3) is 0 Å². The van der Waals surface area contributed by atoms with Gasteiger partial charge >= 0.3 is 0 Å². The van der Waals surface area contributed by atoms with Gasteiger partial charge in [-0.05, 0) is 36.4 Å². The van der Waals surface area contributed by atoms with Crippen molar-refractivity contribution in [2.45, 2.75) is 23.9 Å². The van der Waals surface area contributed by atoms with Crippen LogP contribution in [0.15, 0.2) is 58.9 Å². The van der Waals surface area contributed by atoms with E-state index in [2.05, 4.69) is 34.6 Å². The number of thioether (sulfide) groups is 1. The predicted octanol–water partition coefficient (Wildman–Crippen LogP) is 4.75. The number of para-hydroxylation sites is 1. The topological polar surface area (TPSA) is 33.2 Å². The highest BCUT2D eigenvalue weighted by Crippen LogP contribution is 2.35. The number of rotatable bonds is 4. The molecule has 3 aromatic rings. The molecule has 0 N–H and O–H groups in total. The summed E-state index contributed by atoms with van der Waals surface area (Å²) in [6.07, 6.45) is 2.17. The first-order valence-corrected chi connectivity index (χ1v) is 9.99. The smallest absolute Gasteiger partial charge is 0.233 e. The third kappa shape index (κ3) is 3.19. The zero-order valence-corrected chi connectivity index (χ0v) is 14.9. The second-order valence-electron chi connectivity index (χ2n) is 5.89. The molecule has 0 unspecified atom stereocenters. The average Bonchev–Trinajstić information content (AvgIpc) is 3.30. The van der Waals surface area contributed by atoms with Crippen LogP contribution in [-0.4, -0.2) is 28.1 Å². The van der Waals surface area contributed by atoms with E-state index in [-0.39, 0.29) is 11.9 Å². The first kappa shape index (κ1) is 15.7. The summed E-state index contributed by atoms with van der Waals surface area (Å²) >= 11 is 3.27. The quantitative estimate of drug-likeness (QED) is 0.634. The Labute approximate surface area is 149 Å². The molecule has 5 heteroatoms. The molecule has 4 rings (SSSR count). The highest BCUT2D eigenvalue weighted by Gasteiger charge is 2.30. The Morgan fingerprint density at radius 1 is 1.21 bits per heavy atom. The number of carbonyl (C=O) groups is 1. The lowest BCUT2D eigenvalue weighted by atomic mass is 10.2. The fourth-order valence-corrected chi connectivity index (χ4v) is 4.83. The molecular formula is C19H18N2OS2. The zero-order valence-electron chi connectivity index (χ0n) is 13.2. The number of aromatic nitrogens is 1. The molecule has 1 aliphatic rings. The van der Waals surface area contributed by atoms with Crippen molar-refractivity contribution in [2.24, 2.45) is 0 Å². The lowest BCUT2D eigenvalue weighted by molar-refractivity contribution is -0.129. The number of amides is 1. The van der Waals surface area contributed by atoms with Crippen LogP contribution in [0.3, 0.4) is 0 Å². The second kappa shape index (κ2) is 6.95. The van der Waals surface area contributed by atoms with E-state index in [0.29, 0.717) is 5.75 Å². The van der Waals surface area contributed by atoms with E-state index < -0.39 is 0 Å². The summed E-state index contributed by atoms with van der Waals surface area (Å²) in [5.74, 6) is 0.665. The normalized spacial score (nSPS) is 17.5. The molecule has 122 valence electrons. The summed E-state index contributed by atoms with van der Waals surface area (Å²) in [5, 5.41) is 4.13. The Bertz CT molecular complexity index is 847. The van der Waals surface area contributed by atoms with Gasteiger partial charge < -0.3 is 4.90 Å². The van der Waals surface area contributed by atoms with Gasteiger partial charge in [0.05, 0.1) is 22.3 Å². The molecule has 1 saturated heterocycles. The molecule has 1 atom stereocenters. The molecule has 1 aliphatic heterocycles. The number of fused-ring (bicyclic) bond motifs is 1. The monoisotopic (exact) mass is 354 g/mol. The van der Waals surface area contributed by atoms with Crippen molar-refractivity contribution in [1.82, 2.24) is 9.88 Å². The van der Waals surface area contributed by atoms with Gasteiger partial charge in [-0.25, -0.2) is 4.98 Å².